The lowest BCUT2D eigenvalue weighted by atomic mass is 9.60. The molecular weight excluding hydrogens is 536 g/mol. The van der Waals surface area contributed by atoms with Gasteiger partial charge in [-0.05, 0) is 81.5 Å². The lowest BCUT2D eigenvalue weighted by molar-refractivity contribution is -0.114. The number of aromatic nitrogens is 2. The summed E-state index contributed by atoms with van der Waals surface area (Å²) in [5.74, 6) is 1.73. The molecule has 1 aliphatic carbocycles. The highest BCUT2D eigenvalue weighted by Crippen LogP contribution is 2.51. The Balaban J connectivity index is 1.39. The first-order valence-corrected chi connectivity index (χ1v) is 15.7. The van der Waals surface area contributed by atoms with Crippen LogP contribution in [0.2, 0.25) is 0 Å². The van der Waals surface area contributed by atoms with Crippen molar-refractivity contribution in [1.82, 2.24) is 19.8 Å². The van der Waals surface area contributed by atoms with Crippen LogP contribution >= 0.6 is 0 Å². The summed E-state index contributed by atoms with van der Waals surface area (Å²) in [7, 11) is 1.76. The molecule has 1 aliphatic heterocycles. The molecule has 1 aromatic heterocycles. The maximum Gasteiger partial charge on any atom is 0.254 e. The molecule has 0 radical (unpaired) electrons. The van der Waals surface area contributed by atoms with Crippen molar-refractivity contribution < 1.29 is 14.3 Å². The summed E-state index contributed by atoms with van der Waals surface area (Å²) < 4.78 is 11.8. The fourth-order valence-corrected chi connectivity index (χ4v) is 7.18. The molecule has 0 bridgehead atoms. The Morgan fingerprint density at radius 3 is 2.37 bits per heavy atom. The van der Waals surface area contributed by atoms with E-state index >= 15 is 0 Å². The standard InChI is InChI=1S/C36H48N4O3/c1-24(2)16-30(21-43-33-18-32(37-28(6)38-33)34-26(4)11-9-12-27(34)5)40(35(41)29-13-8-10-25(3)17-29)31-19-36(20-31)22-39(23-36)14-15-42-7/h8-13,17-18,24,30-31H,14-16,19-23H2,1-7H3/t30-/m1/s1. The number of rotatable bonds is 12. The third-order valence-electron chi connectivity index (χ3n) is 9.07. The van der Waals surface area contributed by atoms with Gasteiger partial charge in [-0.2, -0.15) is 4.98 Å². The van der Waals surface area contributed by atoms with Crippen LogP contribution in [0.15, 0.2) is 48.5 Å². The minimum Gasteiger partial charge on any atom is -0.475 e. The smallest absolute Gasteiger partial charge is 0.254 e. The average Bonchev–Trinajstić information content (AvgIpc) is 2.90. The molecule has 7 heteroatoms. The van der Waals surface area contributed by atoms with Gasteiger partial charge >= 0.3 is 0 Å². The molecule has 2 aliphatic rings. The number of amides is 1. The number of ether oxygens (including phenoxy) is 2. The van der Waals surface area contributed by atoms with Gasteiger partial charge in [0.2, 0.25) is 5.88 Å². The monoisotopic (exact) mass is 584 g/mol. The van der Waals surface area contributed by atoms with Crippen LogP contribution < -0.4 is 4.74 Å². The Labute approximate surface area is 257 Å². The number of carbonyl (C=O) groups is 1. The van der Waals surface area contributed by atoms with Crippen molar-refractivity contribution in [1.29, 1.82) is 0 Å². The largest absolute Gasteiger partial charge is 0.475 e. The van der Waals surface area contributed by atoms with E-state index in [0.29, 0.717) is 29.6 Å². The van der Waals surface area contributed by atoms with Crippen LogP contribution in [0.3, 0.4) is 0 Å². The summed E-state index contributed by atoms with van der Waals surface area (Å²) in [6.45, 7) is 16.9. The van der Waals surface area contributed by atoms with Gasteiger partial charge in [0.15, 0.2) is 0 Å². The van der Waals surface area contributed by atoms with Crippen molar-refractivity contribution in [2.24, 2.45) is 11.3 Å². The number of benzene rings is 2. The number of hydrogen-bond donors (Lipinski definition) is 0. The van der Waals surface area contributed by atoms with Crippen molar-refractivity contribution in [2.45, 2.75) is 72.9 Å². The van der Waals surface area contributed by atoms with E-state index in [1.165, 1.54) is 11.1 Å². The van der Waals surface area contributed by atoms with E-state index < -0.39 is 0 Å². The molecule has 1 saturated carbocycles. The van der Waals surface area contributed by atoms with Crippen LogP contribution in [0.4, 0.5) is 0 Å². The van der Waals surface area contributed by atoms with Crippen LogP contribution in [-0.4, -0.2) is 77.7 Å². The summed E-state index contributed by atoms with van der Waals surface area (Å²) in [6, 6.07) is 16.3. The predicted molar refractivity (Wildman–Crippen MR) is 172 cm³/mol. The highest BCUT2D eigenvalue weighted by Gasteiger charge is 2.55. The van der Waals surface area contributed by atoms with E-state index in [0.717, 1.165) is 67.9 Å². The van der Waals surface area contributed by atoms with Crippen molar-refractivity contribution in [3.05, 3.63) is 76.6 Å². The number of carbonyl (C=O) groups excluding carboxylic acids is 1. The minimum absolute atomic E-state index is 0.0704. The summed E-state index contributed by atoms with van der Waals surface area (Å²) in [6.07, 6.45) is 2.92. The van der Waals surface area contributed by atoms with Gasteiger partial charge in [-0.25, -0.2) is 4.98 Å². The molecule has 1 atom stereocenters. The first kappa shape index (κ1) is 31.1. The van der Waals surface area contributed by atoms with Gasteiger partial charge in [0.1, 0.15) is 12.4 Å². The summed E-state index contributed by atoms with van der Waals surface area (Å²) in [5, 5.41) is 0. The average molecular weight is 585 g/mol. The van der Waals surface area contributed by atoms with Crippen LogP contribution in [-0.2, 0) is 4.74 Å². The highest BCUT2D eigenvalue weighted by molar-refractivity contribution is 5.95. The van der Waals surface area contributed by atoms with Gasteiger partial charge in [0.05, 0.1) is 18.3 Å². The van der Waals surface area contributed by atoms with E-state index in [-0.39, 0.29) is 18.0 Å². The highest BCUT2D eigenvalue weighted by atomic mass is 16.5. The molecule has 2 heterocycles. The van der Waals surface area contributed by atoms with E-state index in [4.69, 9.17) is 14.5 Å². The lowest BCUT2D eigenvalue weighted by Crippen LogP contribution is -2.68. The van der Waals surface area contributed by atoms with Gasteiger partial charge in [-0.3, -0.25) is 9.69 Å². The Morgan fingerprint density at radius 1 is 1.02 bits per heavy atom. The molecular formula is C36H48N4O3. The second-order valence-electron chi connectivity index (χ2n) is 13.3. The van der Waals surface area contributed by atoms with Crippen molar-refractivity contribution in [2.75, 3.05) is 40.0 Å². The Morgan fingerprint density at radius 2 is 1.72 bits per heavy atom. The van der Waals surface area contributed by atoms with Crippen LogP contribution in [0, 0.1) is 39.0 Å². The fourth-order valence-electron chi connectivity index (χ4n) is 7.18. The second kappa shape index (κ2) is 13.1. The summed E-state index contributed by atoms with van der Waals surface area (Å²) in [5.41, 5.74) is 6.50. The summed E-state index contributed by atoms with van der Waals surface area (Å²) in [4.78, 5) is 28.3. The molecule has 230 valence electrons. The van der Waals surface area contributed by atoms with E-state index in [9.17, 15) is 4.79 Å². The zero-order valence-electron chi connectivity index (χ0n) is 27.0. The summed E-state index contributed by atoms with van der Waals surface area (Å²) >= 11 is 0. The van der Waals surface area contributed by atoms with E-state index in [1.54, 1.807) is 7.11 Å². The zero-order chi connectivity index (χ0) is 30.7. The second-order valence-corrected chi connectivity index (χ2v) is 13.3. The Bertz CT molecular complexity index is 1400. The first-order chi connectivity index (χ1) is 20.6. The molecule has 1 saturated heterocycles. The fraction of sp³-hybridized carbons (Fsp3) is 0.528. The zero-order valence-corrected chi connectivity index (χ0v) is 27.0. The Kier molecular flexibility index (Phi) is 9.52. The molecule has 0 N–H and O–H groups in total. The quantitative estimate of drug-likeness (QED) is 0.245. The number of hydrogen-bond acceptors (Lipinski definition) is 6. The van der Waals surface area contributed by atoms with E-state index in [2.05, 4.69) is 60.7 Å². The van der Waals surface area contributed by atoms with Crippen LogP contribution in [0.25, 0.3) is 11.3 Å². The van der Waals surface area contributed by atoms with Gasteiger partial charge in [-0.1, -0.05) is 49.7 Å². The molecule has 2 fully saturated rings. The normalized spacial score (nSPS) is 17.0. The number of likely N-dealkylation sites (tertiary alicyclic amines) is 1. The Hall–Kier alpha value is -3.29. The van der Waals surface area contributed by atoms with Crippen molar-refractivity contribution >= 4 is 5.91 Å². The molecule has 1 amide bonds. The SMILES string of the molecule is COCCN1CC2(CC(N(C(=O)c3cccc(C)c3)[C@@H](COc3cc(-c4c(C)cccc4C)nc(C)n3)CC(C)C)C2)C1. The molecule has 0 unspecified atom stereocenters. The lowest BCUT2D eigenvalue weighted by Gasteiger charge is -2.62. The van der Waals surface area contributed by atoms with E-state index in [1.807, 2.05) is 44.2 Å². The molecule has 1 spiro atoms. The number of nitrogens with zero attached hydrogens (tertiary/aromatic N) is 4. The van der Waals surface area contributed by atoms with Gasteiger partial charge in [0.25, 0.3) is 5.91 Å². The minimum atomic E-state index is -0.0704. The first-order valence-electron chi connectivity index (χ1n) is 15.7. The maximum atomic E-state index is 14.3. The maximum absolute atomic E-state index is 14.3. The van der Waals surface area contributed by atoms with Gasteiger partial charge in [0, 0.05) is 50.0 Å². The van der Waals surface area contributed by atoms with Crippen molar-refractivity contribution in [3.63, 3.8) is 0 Å². The number of methoxy groups -OCH3 is 1. The molecule has 3 aromatic rings. The third kappa shape index (κ3) is 7.10. The van der Waals surface area contributed by atoms with Gasteiger partial charge < -0.3 is 14.4 Å². The van der Waals surface area contributed by atoms with Crippen LogP contribution in [0.1, 0.15) is 66.0 Å². The molecule has 43 heavy (non-hydrogen) atoms. The predicted octanol–water partition coefficient (Wildman–Crippen LogP) is 6.42. The molecule has 5 rings (SSSR count). The molecule has 2 aromatic carbocycles. The number of aryl methyl sites for hydroxylation is 4. The third-order valence-corrected chi connectivity index (χ3v) is 9.07. The van der Waals surface area contributed by atoms with Crippen LogP contribution in [0.5, 0.6) is 5.88 Å². The molecule has 7 nitrogen and oxygen atoms in total. The van der Waals surface area contributed by atoms with Gasteiger partial charge in [-0.15, -0.1) is 0 Å². The topological polar surface area (TPSA) is 67.8 Å². The van der Waals surface area contributed by atoms with Crippen molar-refractivity contribution in [3.8, 4) is 17.1 Å².